The van der Waals surface area contributed by atoms with Gasteiger partial charge in [0.1, 0.15) is 17.9 Å². The summed E-state index contributed by atoms with van der Waals surface area (Å²) in [6.07, 6.45) is -8.60. The molecule has 3 aromatic rings. The number of nitrogens with zero attached hydrogens (tertiary/aromatic N) is 2. The first-order chi connectivity index (χ1) is 17.1. The number of hydrogen-bond acceptors (Lipinski definition) is 6. The van der Waals surface area contributed by atoms with E-state index in [-0.39, 0.29) is 29.8 Å². The topological polar surface area (TPSA) is 99.8 Å². The Balaban J connectivity index is 1.61. The number of carbonyl (C=O) groups is 1. The lowest BCUT2D eigenvalue weighted by molar-refractivity contribution is -0.140. The van der Waals surface area contributed by atoms with Gasteiger partial charge in [-0.2, -0.15) is 17.7 Å². The van der Waals surface area contributed by atoms with Crippen molar-refractivity contribution in [2.75, 3.05) is 6.61 Å². The van der Waals surface area contributed by atoms with Crippen LogP contribution in [0.3, 0.4) is 0 Å². The molecule has 1 aromatic heterocycles. The lowest BCUT2D eigenvalue weighted by Crippen LogP contribution is -2.47. The highest BCUT2D eigenvalue weighted by atomic mass is 35.5. The summed E-state index contributed by atoms with van der Waals surface area (Å²) in [7, 11) is 0. The number of carbonyl (C=O) groups excluding carboxylic acids is 1. The summed E-state index contributed by atoms with van der Waals surface area (Å²) in [6, 6.07) is 13.8. The molecule has 0 saturated carbocycles. The molecule has 0 spiro atoms. The van der Waals surface area contributed by atoms with Crippen LogP contribution < -0.4 is 11.2 Å². The van der Waals surface area contributed by atoms with Crippen molar-refractivity contribution in [3.05, 3.63) is 103 Å². The summed E-state index contributed by atoms with van der Waals surface area (Å²) >= 11 is 5.84. The van der Waals surface area contributed by atoms with Crippen LogP contribution in [-0.4, -0.2) is 39.0 Å². The lowest BCUT2D eigenvalue weighted by Gasteiger charge is -2.19. The second-order valence-electron chi connectivity index (χ2n) is 8.12. The molecule has 4 rings (SSSR count). The molecule has 1 N–H and O–H groups in total. The van der Waals surface area contributed by atoms with E-state index in [1.807, 2.05) is 0 Å². The normalized spacial score (nSPS) is 20.0. The lowest BCUT2D eigenvalue weighted by atomic mass is 10.2. The van der Waals surface area contributed by atoms with E-state index in [4.69, 9.17) is 21.1 Å². The highest BCUT2D eigenvalue weighted by molar-refractivity contribution is 6.30. The number of rotatable bonds is 6. The van der Waals surface area contributed by atoms with Crippen molar-refractivity contribution >= 4 is 17.5 Å². The van der Waals surface area contributed by atoms with E-state index in [0.29, 0.717) is 15.8 Å². The third-order valence-electron chi connectivity index (χ3n) is 5.62. The molecule has 0 amide bonds. The van der Waals surface area contributed by atoms with Gasteiger partial charge in [-0.3, -0.25) is 14.2 Å². The third-order valence-corrected chi connectivity index (χ3v) is 5.87. The molecule has 1 fully saturated rings. The van der Waals surface area contributed by atoms with Gasteiger partial charge in [0, 0.05) is 23.2 Å². The fraction of sp³-hybridized carbons (Fsp3) is 0.292. The van der Waals surface area contributed by atoms with Gasteiger partial charge in [-0.05, 0) is 29.8 Å². The zero-order chi connectivity index (χ0) is 26.0. The molecule has 3 atom stereocenters. The van der Waals surface area contributed by atoms with Gasteiger partial charge in [0.15, 0.2) is 0 Å². The average Bonchev–Trinajstić information content (AvgIpc) is 3.20. The number of halogens is 4. The van der Waals surface area contributed by atoms with Crippen molar-refractivity contribution in [2.24, 2.45) is 0 Å². The molecule has 1 saturated heterocycles. The van der Waals surface area contributed by atoms with E-state index in [9.17, 15) is 32.7 Å². The van der Waals surface area contributed by atoms with Crippen LogP contribution in [0.5, 0.6) is 0 Å². The maximum absolute atomic E-state index is 13.6. The zero-order valence-corrected chi connectivity index (χ0v) is 19.3. The molecule has 190 valence electrons. The van der Waals surface area contributed by atoms with Gasteiger partial charge in [-0.15, -0.1) is 0 Å². The maximum atomic E-state index is 13.6. The highest BCUT2D eigenvalue weighted by Crippen LogP contribution is 2.31. The second kappa shape index (κ2) is 10.4. The molecule has 0 unspecified atom stereocenters. The SMILES string of the molecule is O=C(c1ccccc1)n1c(=O)c(C(F)(F)F)cn([C@H]2C[C@H](O)[C@@H](COCc3ccc(Cl)cc3)O2)c1=O. The summed E-state index contributed by atoms with van der Waals surface area (Å²) in [5.41, 5.74) is -4.18. The molecule has 2 heterocycles. The summed E-state index contributed by atoms with van der Waals surface area (Å²) < 4.78 is 52.5. The van der Waals surface area contributed by atoms with E-state index in [1.165, 1.54) is 24.3 Å². The van der Waals surface area contributed by atoms with Crippen LogP contribution in [-0.2, 0) is 22.3 Å². The monoisotopic (exact) mass is 524 g/mol. The van der Waals surface area contributed by atoms with Gasteiger partial charge in [0.2, 0.25) is 0 Å². The summed E-state index contributed by atoms with van der Waals surface area (Å²) in [6.45, 7) is 0.0345. The standard InChI is InChI=1S/C24H20ClF3N2O6/c25-16-8-6-14(7-9-16)12-35-13-19-18(31)10-20(36-19)29-11-17(24(26,27)28)22(33)30(23(29)34)21(32)15-4-2-1-3-5-15/h1-9,11,18-20,31H,10,12-13H2/t18-,19+,20+/m0/s1. The molecule has 2 aromatic carbocycles. The van der Waals surface area contributed by atoms with E-state index in [1.54, 1.807) is 30.3 Å². The van der Waals surface area contributed by atoms with Crippen LogP contribution in [0.15, 0.2) is 70.4 Å². The summed E-state index contributed by atoms with van der Waals surface area (Å²) in [5, 5.41) is 10.9. The molecule has 36 heavy (non-hydrogen) atoms. The fourth-order valence-corrected chi connectivity index (χ4v) is 3.90. The van der Waals surface area contributed by atoms with Crippen LogP contribution in [0.25, 0.3) is 0 Å². The average molecular weight is 525 g/mol. The Hall–Kier alpha value is -3.25. The smallest absolute Gasteiger partial charge is 0.390 e. The Morgan fingerprint density at radius 2 is 1.78 bits per heavy atom. The van der Waals surface area contributed by atoms with Gasteiger partial charge in [-0.25, -0.2) is 4.79 Å². The van der Waals surface area contributed by atoms with Gasteiger partial charge >= 0.3 is 11.9 Å². The number of benzene rings is 2. The fourth-order valence-electron chi connectivity index (χ4n) is 3.77. The predicted octanol–water partition coefficient (Wildman–Crippen LogP) is 3.24. The summed E-state index contributed by atoms with van der Waals surface area (Å²) in [4.78, 5) is 38.4. The van der Waals surface area contributed by atoms with Crippen molar-refractivity contribution in [2.45, 2.75) is 37.6 Å². The van der Waals surface area contributed by atoms with Crippen LogP contribution in [0.4, 0.5) is 13.2 Å². The second-order valence-corrected chi connectivity index (χ2v) is 8.55. The molecule has 0 radical (unpaired) electrons. The first kappa shape index (κ1) is 25.8. The Labute approximate surface area is 207 Å². The van der Waals surface area contributed by atoms with Crippen LogP contribution in [0.1, 0.15) is 34.1 Å². The third kappa shape index (κ3) is 5.44. The van der Waals surface area contributed by atoms with Crippen molar-refractivity contribution < 1.29 is 32.5 Å². The van der Waals surface area contributed by atoms with Gasteiger partial charge < -0.3 is 14.6 Å². The van der Waals surface area contributed by atoms with E-state index in [0.717, 1.165) is 5.56 Å². The molecule has 12 heteroatoms. The van der Waals surface area contributed by atoms with Crippen LogP contribution in [0.2, 0.25) is 5.02 Å². The van der Waals surface area contributed by atoms with E-state index < -0.39 is 47.3 Å². The van der Waals surface area contributed by atoms with E-state index >= 15 is 0 Å². The maximum Gasteiger partial charge on any atom is 0.423 e. The molecule has 0 bridgehead atoms. The number of aliphatic hydroxyl groups is 1. The van der Waals surface area contributed by atoms with Crippen molar-refractivity contribution in [3.8, 4) is 0 Å². The molecular formula is C24H20ClF3N2O6. The Morgan fingerprint density at radius 1 is 1.11 bits per heavy atom. The molecule has 8 nitrogen and oxygen atoms in total. The minimum absolute atomic E-state index is 0.0712. The van der Waals surface area contributed by atoms with Gasteiger partial charge in [-0.1, -0.05) is 41.9 Å². The van der Waals surface area contributed by atoms with E-state index in [2.05, 4.69) is 0 Å². The number of aromatic nitrogens is 2. The first-order valence-corrected chi connectivity index (χ1v) is 11.1. The number of alkyl halides is 3. The Morgan fingerprint density at radius 3 is 2.42 bits per heavy atom. The molecule has 1 aliphatic heterocycles. The Bertz CT molecular complexity index is 1360. The number of aliphatic hydroxyl groups excluding tert-OH is 1. The van der Waals surface area contributed by atoms with Gasteiger partial charge in [0.05, 0.1) is 19.3 Å². The van der Waals surface area contributed by atoms with Crippen molar-refractivity contribution in [1.82, 2.24) is 9.13 Å². The minimum Gasteiger partial charge on any atom is -0.390 e. The van der Waals surface area contributed by atoms with Crippen LogP contribution >= 0.6 is 11.6 Å². The number of ether oxygens (including phenoxy) is 2. The zero-order valence-electron chi connectivity index (χ0n) is 18.5. The predicted molar refractivity (Wildman–Crippen MR) is 122 cm³/mol. The molecule has 1 aliphatic rings. The molecular weight excluding hydrogens is 505 g/mol. The van der Waals surface area contributed by atoms with Crippen LogP contribution in [0, 0.1) is 0 Å². The Kier molecular flexibility index (Phi) is 7.46. The highest BCUT2D eigenvalue weighted by Gasteiger charge is 2.41. The van der Waals surface area contributed by atoms with Crippen molar-refractivity contribution in [1.29, 1.82) is 0 Å². The van der Waals surface area contributed by atoms with Gasteiger partial charge in [0.25, 0.3) is 11.5 Å². The summed E-state index contributed by atoms with van der Waals surface area (Å²) in [5.74, 6) is -1.22. The quantitative estimate of drug-likeness (QED) is 0.531. The number of hydrogen-bond donors (Lipinski definition) is 1. The van der Waals surface area contributed by atoms with Crippen molar-refractivity contribution in [3.63, 3.8) is 0 Å². The molecule has 0 aliphatic carbocycles. The first-order valence-electron chi connectivity index (χ1n) is 10.8. The minimum atomic E-state index is -5.15. The largest absolute Gasteiger partial charge is 0.423 e.